The van der Waals surface area contributed by atoms with Gasteiger partial charge in [-0.3, -0.25) is 4.79 Å². The van der Waals surface area contributed by atoms with Crippen molar-refractivity contribution in [2.45, 2.75) is 103 Å². The lowest BCUT2D eigenvalue weighted by Gasteiger charge is -2.38. The molecule has 2 aliphatic rings. The second-order valence-corrected chi connectivity index (χ2v) is 8.39. The van der Waals surface area contributed by atoms with Gasteiger partial charge >= 0.3 is 6.09 Å². The minimum Gasteiger partial charge on any atom is -0.444 e. The van der Waals surface area contributed by atoms with Crippen LogP contribution in [-0.4, -0.2) is 34.5 Å². The molecule has 140 valence electrons. The number of Topliss-reactive ketones (excluding diaryl/α,β-unsaturated/α-hetero) is 1. The summed E-state index contributed by atoms with van der Waals surface area (Å²) in [6, 6.07) is 0.306. The first-order valence-corrected chi connectivity index (χ1v) is 9.81. The first-order chi connectivity index (χ1) is 11.8. The van der Waals surface area contributed by atoms with Gasteiger partial charge in [0.2, 0.25) is 0 Å². The van der Waals surface area contributed by atoms with E-state index >= 15 is 0 Å². The van der Waals surface area contributed by atoms with Crippen LogP contribution in [0.4, 0.5) is 4.79 Å². The average Bonchev–Trinajstić information content (AvgIpc) is 2.79. The van der Waals surface area contributed by atoms with E-state index in [4.69, 9.17) is 4.74 Å². The SMILES string of the molecule is CCCCCC#CCC(=O)C1CC2CCC(C1)N2C(=O)OC(C)(C)C. The Morgan fingerprint density at radius 1 is 1.08 bits per heavy atom. The number of ketones is 1. The van der Waals surface area contributed by atoms with Crippen molar-refractivity contribution in [3.05, 3.63) is 0 Å². The summed E-state index contributed by atoms with van der Waals surface area (Å²) in [5.74, 6) is 6.49. The Morgan fingerprint density at radius 2 is 1.72 bits per heavy atom. The van der Waals surface area contributed by atoms with Crippen molar-refractivity contribution in [1.29, 1.82) is 0 Å². The smallest absolute Gasteiger partial charge is 0.410 e. The molecule has 2 aliphatic heterocycles. The molecule has 2 bridgehead atoms. The molecule has 0 radical (unpaired) electrons. The number of ether oxygens (including phenoxy) is 1. The van der Waals surface area contributed by atoms with Gasteiger partial charge in [0.15, 0.2) is 0 Å². The Bertz CT molecular complexity index is 524. The van der Waals surface area contributed by atoms with E-state index in [-0.39, 0.29) is 29.9 Å². The van der Waals surface area contributed by atoms with Gasteiger partial charge < -0.3 is 9.64 Å². The van der Waals surface area contributed by atoms with Gasteiger partial charge in [0, 0.05) is 24.4 Å². The van der Waals surface area contributed by atoms with E-state index in [1.54, 1.807) is 0 Å². The lowest BCUT2D eigenvalue weighted by molar-refractivity contribution is -0.124. The Kier molecular flexibility index (Phi) is 6.93. The molecule has 2 saturated heterocycles. The second kappa shape index (κ2) is 8.74. The summed E-state index contributed by atoms with van der Waals surface area (Å²) in [5, 5.41) is 0. The van der Waals surface area contributed by atoms with Gasteiger partial charge in [-0.2, -0.15) is 0 Å². The van der Waals surface area contributed by atoms with Crippen molar-refractivity contribution in [2.24, 2.45) is 5.92 Å². The number of unbranched alkanes of at least 4 members (excludes halogenated alkanes) is 3. The van der Waals surface area contributed by atoms with Crippen LogP contribution >= 0.6 is 0 Å². The first-order valence-electron chi connectivity index (χ1n) is 9.81. The summed E-state index contributed by atoms with van der Waals surface area (Å²) in [5.41, 5.74) is -0.476. The summed E-state index contributed by atoms with van der Waals surface area (Å²) in [6.45, 7) is 7.85. The minimum absolute atomic E-state index is 0.0566. The van der Waals surface area contributed by atoms with E-state index < -0.39 is 5.60 Å². The van der Waals surface area contributed by atoms with E-state index in [1.165, 1.54) is 12.8 Å². The van der Waals surface area contributed by atoms with Crippen LogP contribution in [-0.2, 0) is 9.53 Å². The molecule has 2 unspecified atom stereocenters. The molecule has 0 N–H and O–H groups in total. The predicted molar refractivity (Wildman–Crippen MR) is 99.1 cm³/mol. The Hall–Kier alpha value is -1.50. The molecule has 2 heterocycles. The molecule has 0 aromatic heterocycles. The van der Waals surface area contributed by atoms with Crippen LogP contribution in [0.15, 0.2) is 0 Å². The molecule has 2 atom stereocenters. The van der Waals surface area contributed by atoms with Crippen molar-refractivity contribution >= 4 is 11.9 Å². The standard InChI is InChI=1S/C21H33NO3/c1-5-6-7-8-9-10-11-19(23)16-14-17-12-13-18(15-16)22(17)20(24)25-21(2,3)4/h16-18H,5-8,11-15H2,1-4H3. The number of nitrogens with zero attached hydrogens (tertiary/aromatic N) is 1. The molecule has 0 saturated carbocycles. The van der Waals surface area contributed by atoms with Crippen molar-refractivity contribution in [1.82, 2.24) is 4.90 Å². The van der Waals surface area contributed by atoms with Gasteiger partial charge in [-0.05, 0) is 52.9 Å². The molecule has 4 heteroatoms. The number of rotatable bonds is 5. The number of carbonyl (C=O) groups is 2. The first kappa shape index (κ1) is 19.8. The fourth-order valence-electron chi connectivity index (χ4n) is 3.90. The fourth-order valence-corrected chi connectivity index (χ4v) is 3.90. The van der Waals surface area contributed by atoms with Gasteiger partial charge in [0.1, 0.15) is 11.4 Å². The Labute approximate surface area is 152 Å². The van der Waals surface area contributed by atoms with Crippen molar-refractivity contribution < 1.29 is 14.3 Å². The molecule has 4 nitrogen and oxygen atoms in total. The van der Waals surface area contributed by atoms with Crippen LogP contribution in [0.3, 0.4) is 0 Å². The number of hydrogen-bond donors (Lipinski definition) is 0. The highest BCUT2D eigenvalue weighted by Gasteiger charge is 2.46. The number of fused-ring (bicyclic) bond motifs is 2. The molecular weight excluding hydrogens is 314 g/mol. The number of piperidine rings is 1. The van der Waals surface area contributed by atoms with E-state index in [0.717, 1.165) is 38.5 Å². The van der Waals surface area contributed by atoms with E-state index in [1.807, 2.05) is 25.7 Å². The van der Waals surface area contributed by atoms with E-state index in [9.17, 15) is 9.59 Å². The van der Waals surface area contributed by atoms with Crippen LogP contribution < -0.4 is 0 Å². The van der Waals surface area contributed by atoms with Crippen molar-refractivity contribution in [3.63, 3.8) is 0 Å². The maximum absolute atomic E-state index is 12.5. The van der Waals surface area contributed by atoms with Crippen LogP contribution in [0.1, 0.15) is 85.5 Å². The van der Waals surface area contributed by atoms with Gasteiger partial charge in [-0.15, -0.1) is 5.92 Å². The third-order valence-corrected chi connectivity index (χ3v) is 5.09. The normalized spacial score (nSPS) is 25.3. The summed E-state index contributed by atoms with van der Waals surface area (Å²) in [6.07, 6.45) is 8.06. The van der Waals surface area contributed by atoms with Crippen molar-refractivity contribution in [2.75, 3.05) is 0 Å². The van der Waals surface area contributed by atoms with Crippen LogP contribution in [0, 0.1) is 17.8 Å². The monoisotopic (exact) mass is 347 g/mol. The Balaban J connectivity index is 1.84. The second-order valence-electron chi connectivity index (χ2n) is 8.39. The molecule has 2 rings (SSSR count). The van der Waals surface area contributed by atoms with Crippen LogP contribution in [0.25, 0.3) is 0 Å². The zero-order chi connectivity index (χ0) is 18.4. The number of carbonyl (C=O) groups excluding carboxylic acids is 2. The largest absolute Gasteiger partial charge is 0.444 e. The highest BCUT2D eigenvalue weighted by atomic mass is 16.6. The lowest BCUT2D eigenvalue weighted by atomic mass is 9.86. The maximum atomic E-state index is 12.5. The molecule has 0 aromatic rings. The average molecular weight is 347 g/mol. The Morgan fingerprint density at radius 3 is 2.28 bits per heavy atom. The summed E-state index contributed by atoms with van der Waals surface area (Å²) in [7, 11) is 0. The number of hydrogen-bond acceptors (Lipinski definition) is 3. The van der Waals surface area contributed by atoms with E-state index in [0.29, 0.717) is 6.42 Å². The molecule has 0 aromatic carbocycles. The highest BCUT2D eigenvalue weighted by Crippen LogP contribution is 2.40. The predicted octanol–water partition coefficient (Wildman–Crippen LogP) is 4.71. The van der Waals surface area contributed by atoms with Gasteiger partial charge in [-0.25, -0.2) is 4.79 Å². The third kappa shape index (κ3) is 5.76. The highest BCUT2D eigenvalue weighted by molar-refractivity contribution is 5.84. The molecule has 25 heavy (non-hydrogen) atoms. The molecule has 0 aliphatic carbocycles. The topological polar surface area (TPSA) is 46.6 Å². The van der Waals surface area contributed by atoms with Gasteiger partial charge in [0.05, 0.1) is 6.42 Å². The third-order valence-electron chi connectivity index (χ3n) is 5.09. The van der Waals surface area contributed by atoms with Crippen LogP contribution in [0.5, 0.6) is 0 Å². The van der Waals surface area contributed by atoms with Gasteiger partial charge in [-0.1, -0.05) is 25.7 Å². The van der Waals surface area contributed by atoms with E-state index in [2.05, 4.69) is 18.8 Å². The van der Waals surface area contributed by atoms with Gasteiger partial charge in [0.25, 0.3) is 0 Å². The van der Waals surface area contributed by atoms with Crippen LogP contribution in [0.2, 0.25) is 0 Å². The fraction of sp³-hybridized carbons (Fsp3) is 0.810. The zero-order valence-corrected chi connectivity index (χ0v) is 16.3. The molecule has 1 amide bonds. The molecular formula is C21H33NO3. The molecule has 0 spiro atoms. The number of amides is 1. The summed E-state index contributed by atoms with van der Waals surface area (Å²) >= 11 is 0. The lowest BCUT2D eigenvalue weighted by Crippen LogP contribution is -2.49. The maximum Gasteiger partial charge on any atom is 0.410 e. The summed E-state index contributed by atoms with van der Waals surface area (Å²) in [4.78, 5) is 26.8. The summed E-state index contributed by atoms with van der Waals surface area (Å²) < 4.78 is 5.55. The zero-order valence-electron chi connectivity index (χ0n) is 16.3. The van der Waals surface area contributed by atoms with Crippen molar-refractivity contribution in [3.8, 4) is 11.8 Å². The molecule has 2 fully saturated rings. The minimum atomic E-state index is -0.476. The quantitative estimate of drug-likeness (QED) is 0.534.